The maximum absolute atomic E-state index is 8.79. The molecule has 154 valence electrons. The van der Waals surface area contributed by atoms with E-state index in [0.29, 0.717) is 19.6 Å². The number of methoxy groups -OCH3 is 1. The second kappa shape index (κ2) is 10.6. The molecule has 4 nitrogen and oxygen atoms in total. The summed E-state index contributed by atoms with van der Waals surface area (Å²) in [5.41, 5.74) is 4.01. The number of aryl methyl sites for hydroxylation is 1. The molecule has 4 rings (SSSR count). The highest BCUT2D eigenvalue weighted by atomic mass is 32.1. The van der Waals surface area contributed by atoms with Gasteiger partial charge in [-0.3, -0.25) is 0 Å². The largest absolute Gasteiger partial charge is 0.497 e. The first kappa shape index (κ1) is 21.5. The Balaban J connectivity index is 0.000000252. The molecule has 2 N–H and O–H groups in total. The van der Waals surface area contributed by atoms with Crippen LogP contribution in [0.3, 0.4) is 0 Å². The zero-order chi connectivity index (χ0) is 20.6. The molecule has 3 aromatic rings. The Labute approximate surface area is 176 Å². The first-order chi connectivity index (χ1) is 14.0. The van der Waals surface area contributed by atoms with E-state index in [0.717, 1.165) is 12.2 Å². The topological polar surface area (TPSA) is 58.9 Å². The van der Waals surface area contributed by atoms with Gasteiger partial charge >= 0.3 is 0 Å². The summed E-state index contributed by atoms with van der Waals surface area (Å²) in [5.74, 6) is 0.899. The van der Waals surface area contributed by atoms with Crippen molar-refractivity contribution in [1.29, 1.82) is 0 Å². The highest BCUT2D eigenvalue weighted by Crippen LogP contribution is 2.30. The second-order valence-electron chi connectivity index (χ2n) is 7.18. The van der Waals surface area contributed by atoms with E-state index in [1.807, 2.05) is 23.5 Å². The fourth-order valence-corrected chi connectivity index (χ4v) is 4.21. The molecule has 1 aliphatic rings. The Hall–Kier alpha value is -2.18. The Morgan fingerprint density at radius 3 is 2.24 bits per heavy atom. The molecule has 0 bridgehead atoms. The van der Waals surface area contributed by atoms with E-state index in [2.05, 4.69) is 55.5 Å². The van der Waals surface area contributed by atoms with Gasteiger partial charge in [0.15, 0.2) is 0 Å². The Kier molecular flexibility index (Phi) is 7.83. The van der Waals surface area contributed by atoms with Gasteiger partial charge in [-0.2, -0.15) is 0 Å². The molecule has 0 radical (unpaired) electrons. The number of thiophene rings is 1. The van der Waals surface area contributed by atoms with Crippen molar-refractivity contribution in [2.75, 3.05) is 20.3 Å². The van der Waals surface area contributed by atoms with Gasteiger partial charge in [0.05, 0.1) is 32.5 Å². The number of aliphatic hydroxyl groups is 2. The fraction of sp³-hybridized carbons (Fsp3) is 0.333. The van der Waals surface area contributed by atoms with E-state index >= 15 is 0 Å². The van der Waals surface area contributed by atoms with E-state index in [-0.39, 0.29) is 0 Å². The molecule has 0 amide bonds. The van der Waals surface area contributed by atoms with Crippen LogP contribution in [0.2, 0.25) is 0 Å². The van der Waals surface area contributed by atoms with Crippen LogP contribution in [0.4, 0.5) is 0 Å². The quantitative estimate of drug-likeness (QED) is 0.665. The van der Waals surface area contributed by atoms with Gasteiger partial charge in [-0.1, -0.05) is 24.3 Å². The van der Waals surface area contributed by atoms with Crippen LogP contribution in [-0.4, -0.2) is 42.7 Å². The first-order valence-electron chi connectivity index (χ1n) is 9.76. The summed E-state index contributed by atoms with van der Waals surface area (Å²) in [5, 5.41) is 17.6. The van der Waals surface area contributed by atoms with Crippen LogP contribution in [0.1, 0.15) is 22.4 Å². The fourth-order valence-electron chi connectivity index (χ4n) is 3.17. The SMILES string of the molecule is COc1ccc(-c2ccc(Cc3ccccc3C)s2)cc1.OC1COCC(O)C1. The van der Waals surface area contributed by atoms with Gasteiger partial charge in [-0.15, -0.1) is 11.3 Å². The molecular weight excluding hydrogens is 384 g/mol. The van der Waals surface area contributed by atoms with Crippen LogP contribution in [0.15, 0.2) is 60.7 Å². The lowest BCUT2D eigenvalue weighted by atomic mass is 10.1. The van der Waals surface area contributed by atoms with Crippen molar-refractivity contribution in [3.63, 3.8) is 0 Å². The van der Waals surface area contributed by atoms with Crippen LogP contribution in [-0.2, 0) is 11.2 Å². The molecule has 1 aliphatic heterocycles. The molecule has 29 heavy (non-hydrogen) atoms. The van der Waals surface area contributed by atoms with Crippen LogP contribution in [0, 0.1) is 6.92 Å². The summed E-state index contributed by atoms with van der Waals surface area (Å²) >= 11 is 1.86. The molecule has 1 saturated heterocycles. The average Bonchev–Trinajstić information content (AvgIpc) is 3.19. The van der Waals surface area contributed by atoms with Crippen LogP contribution in [0.5, 0.6) is 5.75 Å². The minimum Gasteiger partial charge on any atom is -0.497 e. The zero-order valence-corrected chi connectivity index (χ0v) is 17.7. The predicted octanol–water partition coefficient (Wildman–Crippen LogP) is 4.45. The summed E-state index contributed by atoms with van der Waals surface area (Å²) < 4.78 is 10.00. The third-order valence-electron chi connectivity index (χ3n) is 4.83. The Bertz CT molecular complexity index is 880. The summed E-state index contributed by atoms with van der Waals surface area (Å²) in [4.78, 5) is 2.70. The summed E-state index contributed by atoms with van der Waals surface area (Å²) in [7, 11) is 1.69. The summed E-state index contributed by atoms with van der Waals surface area (Å²) in [6, 6.07) is 21.3. The molecule has 2 atom stereocenters. The van der Waals surface area contributed by atoms with Crippen molar-refractivity contribution in [2.45, 2.75) is 32.0 Å². The van der Waals surface area contributed by atoms with Crippen LogP contribution in [0.25, 0.3) is 10.4 Å². The van der Waals surface area contributed by atoms with Gasteiger partial charge < -0.3 is 19.7 Å². The predicted molar refractivity (Wildman–Crippen MR) is 118 cm³/mol. The number of benzene rings is 2. The van der Waals surface area contributed by atoms with Gasteiger partial charge in [0.1, 0.15) is 5.75 Å². The lowest BCUT2D eigenvalue weighted by Gasteiger charge is -2.21. The highest BCUT2D eigenvalue weighted by molar-refractivity contribution is 7.15. The van der Waals surface area contributed by atoms with E-state index in [1.165, 1.54) is 26.4 Å². The number of aliphatic hydroxyl groups excluding tert-OH is 2. The maximum Gasteiger partial charge on any atom is 0.118 e. The van der Waals surface area contributed by atoms with E-state index in [9.17, 15) is 0 Å². The maximum atomic E-state index is 8.79. The number of ether oxygens (including phenoxy) is 2. The van der Waals surface area contributed by atoms with Gasteiger partial charge in [0.25, 0.3) is 0 Å². The van der Waals surface area contributed by atoms with Gasteiger partial charge in [0, 0.05) is 22.6 Å². The van der Waals surface area contributed by atoms with Gasteiger partial charge in [-0.25, -0.2) is 0 Å². The molecule has 1 fully saturated rings. The Morgan fingerprint density at radius 2 is 1.66 bits per heavy atom. The molecule has 0 aliphatic carbocycles. The zero-order valence-electron chi connectivity index (χ0n) is 16.9. The van der Waals surface area contributed by atoms with Crippen LogP contribution < -0.4 is 4.74 Å². The third kappa shape index (κ3) is 6.41. The van der Waals surface area contributed by atoms with Crippen molar-refractivity contribution in [3.05, 3.63) is 76.7 Å². The number of hydrogen-bond acceptors (Lipinski definition) is 5. The lowest BCUT2D eigenvalue weighted by Crippen LogP contribution is -2.32. The van der Waals surface area contributed by atoms with Gasteiger partial charge in [-0.05, 0) is 60.0 Å². The number of rotatable bonds is 4. The van der Waals surface area contributed by atoms with E-state index in [1.54, 1.807) is 7.11 Å². The average molecular weight is 413 g/mol. The van der Waals surface area contributed by atoms with E-state index < -0.39 is 12.2 Å². The lowest BCUT2D eigenvalue weighted by molar-refractivity contribution is -0.0714. The second-order valence-corrected chi connectivity index (χ2v) is 8.35. The molecule has 0 spiro atoms. The van der Waals surface area contributed by atoms with E-state index in [4.69, 9.17) is 19.7 Å². The minimum atomic E-state index is -0.459. The number of hydrogen-bond donors (Lipinski definition) is 2. The highest BCUT2D eigenvalue weighted by Gasteiger charge is 2.17. The minimum absolute atomic E-state index is 0.372. The van der Waals surface area contributed by atoms with Gasteiger partial charge in [0.2, 0.25) is 0 Å². The smallest absolute Gasteiger partial charge is 0.118 e. The monoisotopic (exact) mass is 412 g/mol. The molecule has 2 unspecified atom stereocenters. The van der Waals surface area contributed by atoms with Crippen molar-refractivity contribution in [2.24, 2.45) is 0 Å². The van der Waals surface area contributed by atoms with Crippen molar-refractivity contribution >= 4 is 11.3 Å². The molecular formula is C24H28O4S. The first-order valence-corrected chi connectivity index (χ1v) is 10.6. The van der Waals surface area contributed by atoms with Crippen LogP contribution >= 0.6 is 11.3 Å². The molecule has 2 aromatic carbocycles. The van der Waals surface area contributed by atoms with Crippen molar-refractivity contribution in [1.82, 2.24) is 0 Å². The molecule has 0 saturated carbocycles. The van der Waals surface area contributed by atoms with Crippen molar-refractivity contribution < 1.29 is 19.7 Å². The Morgan fingerprint density at radius 1 is 0.966 bits per heavy atom. The molecule has 5 heteroatoms. The standard InChI is InChI=1S/C19H18OS.C5H10O3/c1-14-5-3-4-6-16(14)13-18-11-12-19(21-18)15-7-9-17(20-2)10-8-15;6-4-1-5(7)3-8-2-4/h3-12H,13H2,1-2H3;4-7H,1-3H2. The summed E-state index contributed by atoms with van der Waals surface area (Å²) in [6.45, 7) is 2.92. The summed E-state index contributed by atoms with van der Waals surface area (Å²) in [6.07, 6.45) is 0.547. The third-order valence-corrected chi connectivity index (χ3v) is 5.96. The molecule has 2 heterocycles. The normalized spacial score (nSPS) is 18.6. The van der Waals surface area contributed by atoms with Crippen molar-refractivity contribution in [3.8, 4) is 16.2 Å². The molecule has 1 aromatic heterocycles.